The quantitative estimate of drug-likeness (QED) is 0.914. The Hall–Kier alpha value is -1.40. The number of anilines is 1. The maximum atomic E-state index is 5.63. The fraction of sp³-hybridized carbons (Fsp3) is 0.500. The van der Waals surface area contributed by atoms with Gasteiger partial charge < -0.3 is 5.73 Å². The van der Waals surface area contributed by atoms with Crippen LogP contribution in [0.3, 0.4) is 0 Å². The zero-order chi connectivity index (χ0) is 13.3. The van der Waals surface area contributed by atoms with Crippen LogP contribution >= 0.6 is 11.3 Å². The Kier molecular flexibility index (Phi) is 3.68. The van der Waals surface area contributed by atoms with Crippen molar-refractivity contribution in [1.29, 1.82) is 0 Å². The lowest BCUT2D eigenvalue weighted by Crippen LogP contribution is -2.17. The molecule has 0 fully saturated rings. The maximum absolute atomic E-state index is 5.63. The number of aryl methyl sites for hydroxylation is 2. The van der Waals surface area contributed by atoms with Crippen molar-refractivity contribution in [2.24, 2.45) is 7.05 Å². The van der Waals surface area contributed by atoms with Crippen LogP contribution in [0, 0.1) is 13.8 Å². The molecule has 0 atom stereocenters. The lowest BCUT2D eigenvalue weighted by Gasteiger charge is -2.15. The molecule has 18 heavy (non-hydrogen) atoms. The first-order chi connectivity index (χ1) is 8.47. The molecule has 0 amide bonds. The first-order valence-electron chi connectivity index (χ1n) is 5.85. The number of hydrogen-bond acceptors (Lipinski definition) is 5. The van der Waals surface area contributed by atoms with Crippen molar-refractivity contribution in [3.8, 4) is 0 Å². The molecular weight excluding hydrogens is 246 g/mol. The monoisotopic (exact) mass is 265 g/mol. The molecule has 0 aliphatic rings. The Bertz CT molecular complexity index is 543. The van der Waals surface area contributed by atoms with Crippen LogP contribution in [0.15, 0.2) is 6.20 Å². The summed E-state index contributed by atoms with van der Waals surface area (Å²) in [5, 5.41) is 5.07. The second-order valence-electron chi connectivity index (χ2n) is 4.61. The molecular formula is C12H19N5S. The Balaban J connectivity index is 2.05. The number of thiazole rings is 1. The van der Waals surface area contributed by atoms with Gasteiger partial charge in [0, 0.05) is 42.5 Å². The lowest BCUT2D eigenvalue weighted by atomic mass is 10.2. The molecule has 5 nitrogen and oxygen atoms in total. The molecule has 0 bridgehead atoms. The summed E-state index contributed by atoms with van der Waals surface area (Å²) in [6, 6.07) is 0. The van der Waals surface area contributed by atoms with Crippen LogP contribution in [0.1, 0.15) is 21.8 Å². The first kappa shape index (κ1) is 13.0. The summed E-state index contributed by atoms with van der Waals surface area (Å²) in [7, 11) is 4.08. The Morgan fingerprint density at radius 3 is 2.61 bits per heavy atom. The molecule has 2 aromatic rings. The fourth-order valence-corrected chi connectivity index (χ4v) is 2.80. The molecule has 0 aliphatic carbocycles. The van der Waals surface area contributed by atoms with Gasteiger partial charge in [0.15, 0.2) is 5.13 Å². The minimum atomic E-state index is 0.632. The third-order valence-corrected chi connectivity index (χ3v) is 3.90. The van der Waals surface area contributed by atoms with Crippen LogP contribution in [0.5, 0.6) is 0 Å². The van der Waals surface area contributed by atoms with Crippen molar-refractivity contribution < 1.29 is 0 Å². The van der Waals surface area contributed by atoms with Crippen molar-refractivity contribution in [3.63, 3.8) is 0 Å². The van der Waals surface area contributed by atoms with Crippen LogP contribution in [0.25, 0.3) is 0 Å². The molecule has 2 rings (SSSR count). The standard InChI is InChI=1S/C12H19N5S/c1-8-11(9(2)17(4)15-8)7-16(3)6-10-5-14-12(13)18-10/h5H,6-7H2,1-4H3,(H2,13,14). The predicted molar refractivity (Wildman–Crippen MR) is 74.4 cm³/mol. The molecule has 98 valence electrons. The van der Waals surface area contributed by atoms with Gasteiger partial charge in [-0.2, -0.15) is 5.10 Å². The number of hydrogen-bond donors (Lipinski definition) is 1. The average molecular weight is 265 g/mol. The van der Waals surface area contributed by atoms with E-state index in [0.717, 1.165) is 18.8 Å². The molecule has 2 N–H and O–H groups in total. The van der Waals surface area contributed by atoms with Crippen molar-refractivity contribution >= 4 is 16.5 Å². The van der Waals surface area contributed by atoms with Crippen LogP contribution in [-0.4, -0.2) is 26.7 Å². The second-order valence-corrected chi connectivity index (χ2v) is 5.76. The normalized spacial score (nSPS) is 11.4. The minimum absolute atomic E-state index is 0.632. The molecule has 0 aliphatic heterocycles. The molecule has 0 saturated heterocycles. The highest BCUT2D eigenvalue weighted by atomic mass is 32.1. The molecule has 0 spiro atoms. The summed E-state index contributed by atoms with van der Waals surface area (Å²) in [6.07, 6.45) is 1.85. The van der Waals surface area contributed by atoms with E-state index >= 15 is 0 Å². The van der Waals surface area contributed by atoms with E-state index in [1.165, 1.54) is 16.1 Å². The van der Waals surface area contributed by atoms with E-state index in [2.05, 4.69) is 35.9 Å². The molecule has 0 unspecified atom stereocenters. The van der Waals surface area contributed by atoms with Gasteiger partial charge in [0.1, 0.15) is 0 Å². The second kappa shape index (κ2) is 5.07. The number of nitrogen functional groups attached to an aromatic ring is 1. The van der Waals surface area contributed by atoms with Crippen LogP contribution < -0.4 is 5.73 Å². The molecule has 6 heteroatoms. The van der Waals surface area contributed by atoms with E-state index in [1.807, 2.05) is 17.9 Å². The third-order valence-electron chi connectivity index (χ3n) is 3.08. The van der Waals surface area contributed by atoms with E-state index in [1.54, 1.807) is 11.3 Å². The van der Waals surface area contributed by atoms with Gasteiger partial charge in [0.25, 0.3) is 0 Å². The number of nitrogens with two attached hydrogens (primary N) is 1. The summed E-state index contributed by atoms with van der Waals surface area (Å²) in [5.74, 6) is 0. The number of rotatable bonds is 4. The van der Waals surface area contributed by atoms with Gasteiger partial charge in [-0.3, -0.25) is 9.58 Å². The minimum Gasteiger partial charge on any atom is -0.375 e. The predicted octanol–water partition coefficient (Wildman–Crippen LogP) is 1.71. The van der Waals surface area contributed by atoms with Crippen LogP contribution in [-0.2, 0) is 20.1 Å². The summed E-state index contributed by atoms with van der Waals surface area (Å²) < 4.78 is 1.93. The van der Waals surface area contributed by atoms with Gasteiger partial charge in [0.05, 0.1) is 5.69 Å². The van der Waals surface area contributed by atoms with E-state index in [-0.39, 0.29) is 0 Å². The fourth-order valence-electron chi connectivity index (χ4n) is 2.03. The van der Waals surface area contributed by atoms with Crippen LogP contribution in [0.4, 0.5) is 5.13 Å². The molecule has 0 saturated carbocycles. The largest absolute Gasteiger partial charge is 0.375 e. The highest BCUT2D eigenvalue weighted by Gasteiger charge is 2.12. The van der Waals surface area contributed by atoms with E-state index in [4.69, 9.17) is 5.73 Å². The van der Waals surface area contributed by atoms with Gasteiger partial charge in [-0.1, -0.05) is 0 Å². The average Bonchev–Trinajstić information content (AvgIpc) is 2.78. The van der Waals surface area contributed by atoms with E-state index in [0.29, 0.717) is 5.13 Å². The van der Waals surface area contributed by atoms with E-state index < -0.39 is 0 Å². The molecule has 0 aromatic carbocycles. The van der Waals surface area contributed by atoms with Crippen LogP contribution in [0.2, 0.25) is 0 Å². The van der Waals surface area contributed by atoms with Gasteiger partial charge >= 0.3 is 0 Å². The Morgan fingerprint density at radius 2 is 2.11 bits per heavy atom. The van der Waals surface area contributed by atoms with Crippen molar-refractivity contribution in [3.05, 3.63) is 28.0 Å². The van der Waals surface area contributed by atoms with Crippen molar-refractivity contribution in [2.45, 2.75) is 26.9 Å². The molecule has 0 radical (unpaired) electrons. The van der Waals surface area contributed by atoms with Gasteiger partial charge in [-0.15, -0.1) is 11.3 Å². The smallest absolute Gasteiger partial charge is 0.180 e. The van der Waals surface area contributed by atoms with Gasteiger partial charge in [-0.25, -0.2) is 4.98 Å². The topological polar surface area (TPSA) is 60.0 Å². The Morgan fingerprint density at radius 1 is 1.39 bits per heavy atom. The highest BCUT2D eigenvalue weighted by Crippen LogP contribution is 2.19. The summed E-state index contributed by atoms with van der Waals surface area (Å²) in [4.78, 5) is 7.51. The maximum Gasteiger partial charge on any atom is 0.180 e. The Labute approximate surface area is 111 Å². The van der Waals surface area contributed by atoms with E-state index in [9.17, 15) is 0 Å². The highest BCUT2D eigenvalue weighted by molar-refractivity contribution is 7.15. The number of nitrogens with zero attached hydrogens (tertiary/aromatic N) is 4. The van der Waals surface area contributed by atoms with Gasteiger partial charge in [0.2, 0.25) is 0 Å². The van der Waals surface area contributed by atoms with Gasteiger partial charge in [-0.05, 0) is 20.9 Å². The third kappa shape index (κ3) is 2.70. The molecule has 2 heterocycles. The summed E-state index contributed by atoms with van der Waals surface area (Å²) >= 11 is 1.54. The summed E-state index contributed by atoms with van der Waals surface area (Å²) in [5.41, 5.74) is 9.26. The SMILES string of the molecule is Cc1nn(C)c(C)c1CN(C)Cc1cnc(N)s1. The zero-order valence-corrected chi connectivity index (χ0v) is 12.1. The zero-order valence-electron chi connectivity index (χ0n) is 11.3. The van der Waals surface area contributed by atoms with Crippen molar-refractivity contribution in [2.75, 3.05) is 12.8 Å². The summed E-state index contributed by atoms with van der Waals surface area (Å²) in [6.45, 7) is 5.92. The number of aromatic nitrogens is 3. The molecule has 2 aromatic heterocycles. The lowest BCUT2D eigenvalue weighted by molar-refractivity contribution is 0.320. The van der Waals surface area contributed by atoms with Crippen molar-refractivity contribution in [1.82, 2.24) is 19.7 Å². The first-order valence-corrected chi connectivity index (χ1v) is 6.67.